The van der Waals surface area contributed by atoms with Gasteiger partial charge < -0.3 is 63.4 Å². The number of nitro groups is 1. The highest BCUT2D eigenvalue weighted by molar-refractivity contribution is 5.96. The van der Waals surface area contributed by atoms with Crippen LogP contribution in [-0.2, 0) is 57.1 Å². The van der Waals surface area contributed by atoms with Crippen molar-refractivity contribution >= 4 is 53.3 Å². The number of carbonyl (C=O) groups excluding carboxylic acids is 8. The first-order valence-electron chi connectivity index (χ1n) is 30.7. The second-order valence-electron chi connectivity index (χ2n) is 27.5. The van der Waals surface area contributed by atoms with E-state index in [0.717, 1.165) is 31.2 Å². The third-order valence-electron chi connectivity index (χ3n) is 22.2. The summed E-state index contributed by atoms with van der Waals surface area (Å²) in [7, 11) is 0. The van der Waals surface area contributed by atoms with E-state index in [1.807, 2.05) is 0 Å². The number of aliphatic hydroxyl groups is 5. The average molecular weight is 1280 g/mol. The fourth-order valence-electron chi connectivity index (χ4n) is 17.5. The molecule has 92 heavy (non-hydrogen) atoms. The van der Waals surface area contributed by atoms with E-state index in [2.05, 4.69) is 0 Å². The molecule has 5 N–H and O–H groups in total. The zero-order valence-electron chi connectivity index (χ0n) is 53.3. The Morgan fingerprint density at radius 2 is 0.957 bits per heavy atom. The Balaban J connectivity index is 0.000000211. The molecule has 3 aromatic rings. The highest BCUT2D eigenvalue weighted by Gasteiger charge is 2.80. The van der Waals surface area contributed by atoms with Gasteiger partial charge in [-0.3, -0.25) is 29.3 Å². The molecular formula is C68H79NO23. The second kappa shape index (κ2) is 23.5. The summed E-state index contributed by atoms with van der Waals surface area (Å²) in [6.45, 7) is 18.8. The molecule has 24 heteroatoms. The molecule has 11 rings (SSSR count). The van der Waals surface area contributed by atoms with Crippen molar-refractivity contribution in [3.05, 3.63) is 134 Å². The minimum atomic E-state index is -2.12. The molecule has 2 aliphatic heterocycles. The molecule has 0 aromatic heterocycles. The second-order valence-corrected chi connectivity index (χ2v) is 27.5. The van der Waals surface area contributed by atoms with E-state index in [9.17, 15) is 69.2 Å². The van der Waals surface area contributed by atoms with Gasteiger partial charge in [0.25, 0.3) is 5.69 Å². The van der Waals surface area contributed by atoms with E-state index in [1.54, 1.807) is 111 Å². The van der Waals surface area contributed by atoms with Gasteiger partial charge in [0.05, 0.1) is 75.8 Å². The number of hydrogen-bond acceptors (Lipinski definition) is 23. The summed E-state index contributed by atoms with van der Waals surface area (Å²) in [6, 6.07) is 20.5. The summed E-state index contributed by atoms with van der Waals surface area (Å²) < 4.78 is 47.0. The molecule has 4 saturated carbocycles. The maximum absolute atomic E-state index is 15.3. The van der Waals surface area contributed by atoms with Crippen molar-refractivity contribution in [3.8, 4) is 0 Å². The average Bonchev–Trinajstić information content (AvgIpc) is 0.677. The monoisotopic (exact) mass is 1280 g/mol. The van der Waals surface area contributed by atoms with Gasteiger partial charge in [-0.2, -0.15) is 0 Å². The molecule has 8 aliphatic rings. The van der Waals surface area contributed by atoms with Crippen LogP contribution in [0.25, 0.3) is 0 Å². The van der Waals surface area contributed by atoms with E-state index in [0.29, 0.717) is 22.3 Å². The van der Waals surface area contributed by atoms with Gasteiger partial charge in [0.1, 0.15) is 53.3 Å². The van der Waals surface area contributed by atoms with Gasteiger partial charge in [0, 0.05) is 74.3 Å². The molecule has 2 heterocycles. The van der Waals surface area contributed by atoms with Crippen LogP contribution >= 0.6 is 0 Å². The lowest BCUT2D eigenvalue weighted by molar-refractivity contribution is -0.384. The fraction of sp³-hybridized carbons (Fsp3) is 0.559. The number of fused-ring (bicyclic) bond motifs is 10. The molecule has 4 bridgehead atoms. The number of hydrogen-bond donors (Lipinski definition) is 5. The van der Waals surface area contributed by atoms with Crippen LogP contribution in [0.4, 0.5) is 10.5 Å². The van der Waals surface area contributed by atoms with Crippen LogP contribution in [0.1, 0.15) is 140 Å². The van der Waals surface area contributed by atoms with Crippen LogP contribution in [0.15, 0.2) is 107 Å². The van der Waals surface area contributed by atoms with Gasteiger partial charge in [0.2, 0.25) is 0 Å². The number of nitro benzene ring substituents is 1. The third-order valence-corrected chi connectivity index (χ3v) is 22.2. The summed E-state index contributed by atoms with van der Waals surface area (Å²) >= 11 is 0. The number of Topliss-reactive ketones (excluding diaryl/α,β-unsaturated/α-hetero) is 2. The lowest BCUT2D eigenvalue weighted by Crippen LogP contribution is -2.81. The van der Waals surface area contributed by atoms with E-state index in [4.69, 9.17) is 37.9 Å². The Morgan fingerprint density at radius 3 is 1.35 bits per heavy atom. The summed E-state index contributed by atoms with van der Waals surface area (Å²) in [4.78, 5) is 119. The zero-order valence-corrected chi connectivity index (χ0v) is 53.3. The summed E-state index contributed by atoms with van der Waals surface area (Å²) in [5.41, 5.74) is -11.3. The maximum Gasteiger partial charge on any atom is 0.516 e. The van der Waals surface area contributed by atoms with E-state index in [1.165, 1.54) is 26.0 Å². The molecular weight excluding hydrogens is 1200 g/mol. The number of rotatable bonds is 9. The first kappa shape index (κ1) is 67.3. The van der Waals surface area contributed by atoms with Crippen molar-refractivity contribution in [2.45, 2.75) is 180 Å². The number of ketones is 2. The molecule has 18 atom stereocenters. The topological polar surface area (TPSA) is 355 Å². The standard InChI is InChI=1S/C38H41NO14.C30H38O9/c1-19-25(41)17-38(46)31(51-32(43)22-10-8-7-9-11-22)29-36(6,30(42)20(2)28(19)35(38,4)5)26(16-27-37(29,18-49-27)53-21(3)40)50-34(45)52-33(44)23-12-14-24(15-13-23)39(47)48;1-15-19(32)13-30(36)25(38-26(35)18-10-8-7-9-11-18)23-28(6,24(34)16(2)22(15)27(30,4)5)20(33)12-21-29(23,14-37-21)39-17(3)31/h7-15,20,25-27,29,31,41,46H,16-18H2,1-6H3;7-11,16,19-21,23,25,32-33,36H,12-14H2,1-6H3/t20-,25+,26+,27-,29?,31+,36-,37+,38-;16-,19+,20+,21-,23?,25+,28-,29+,30-/m11/s1. The number of ether oxygens (including phenoxy) is 8. The normalized spacial score (nSPS) is 37.8. The van der Waals surface area contributed by atoms with Crippen molar-refractivity contribution < 1.29 is 107 Å². The van der Waals surface area contributed by atoms with Crippen LogP contribution in [0.5, 0.6) is 0 Å². The molecule has 2 unspecified atom stereocenters. The fourth-order valence-corrected chi connectivity index (χ4v) is 17.5. The van der Waals surface area contributed by atoms with E-state index < -0.39 is 163 Å². The van der Waals surface area contributed by atoms with Crippen LogP contribution in [0, 0.1) is 55.4 Å². The van der Waals surface area contributed by atoms with E-state index in [-0.39, 0.29) is 67.1 Å². The maximum atomic E-state index is 15.3. The van der Waals surface area contributed by atoms with Gasteiger partial charge in [-0.05, 0) is 86.4 Å². The molecule has 0 spiro atoms. The molecule has 494 valence electrons. The van der Waals surface area contributed by atoms with Crippen LogP contribution in [0.3, 0.4) is 0 Å². The molecule has 6 fully saturated rings. The highest BCUT2D eigenvalue weighted by atomic mass is 16.7. The van der Waals surface area contributed by atoms with Crippen LogP contribution in [0.2, 0.25) is 0 Å². The highest BCUT2D eigenvalue weighted by Crippen LogP contribution is 2.67. The minimum Gasteiger partial charge on any atom is -0.455 e. The first-order valence-corrected chi connectivity index (χ1v) is 30.7. The molecule has 0 amide bonds. The number of aliphatic hydroxyl groups excluding tert-OH is 3. The Labute approximate surface area is 530 Å². The number of non-ortho nitro benzene ring substituents is 1. The Hall–Kier alpha value is -7.58. The van der Waals surface area contributed by atoms with Crippen LogP contribution in [-0.4, -0.2) is 162 Å². The Bertz CT molecular complexity index is 3600. The summed E-state index contributed by atoms with van der Waals surface area (Å²) in [5.74, 6) is -9.51. The zero-order chi connectivity index (χ0) is 67.5. The molecule has 2 saturated heterocycles. The number of esters is 5. The summed E-state index contributed by atoms with van der Waals surface area (Å²) in [6.07, 6.45) is -12.3. The lowest BCUT2D eigenvalue weighted by atomic mass is 9.43. The Kier molecular flexibility index (Phi) is 17.2. The molecule has 6 aliphatic carbocycles. The SMILES string of the molecule is CC(=O)O[C@@]12CO[C@@H]1C[C@H](O)[C@@]1(C)C(=O)[C@H](C)C3=C(C)[C@@H](O)C[C@@](O)([C@@H](OC(=O)c4ccccc4)C12)C3(C)C.CC(=O)O[C@@]12CO[C@@H]1C[C@H](OC(=O)OC(=O)c1ccc([N+](=O)[O-])cc1)[C@@]1(C)C(=O)[C@H](C)C3=C(C)[C@@H](O)C[C@@](O)([C@@H](OC(=O)c4ccccc4)C12)C3(C)C. The van der Waals surface area contributed by atoms with Crippen molar-refractivity contribution in [1.29, 1.82) is 0 Å². The number of benzene rings is 3. The van der Waals surface area contributed by atoms with Crippen LogP contribution < -0.4 is 0 Å². The quantitative estimate of drug-likeness (QED) is 0.0375. The van der Waals surface area contributed by atoms with Gasteiger partial charge >= 0.3 is 36.0 Å². The molecule has 0 radical (unpaired) electrons. The van der Waals surface area contributed by atoms with E-state index >= 15 is 4.79 Å². The van der Waals surface area contributed by atoms with Gasteiger partial charge in [0.15, 0.2) is 11.2 Å². The van der Waals surface area contributed by atoms with Crippen molar-refractivity contribution in [2.75, 3.05) is 13.2 Å². The Morgan fingerprint density at radius 1 is 0.565 bits per heavy atom. The van der Waals surface area contributed by atoms with Gasteiger partial charge in [-0.25, -0.2) is 19.2 Å². The smallest absolute Gasteiger partial charge is 0.455 e. The molecule has 3 aromatic carbocycles. The van der Waals surface area contributed by atoms with Crippen molar-refractivity contribution in [2.24, 2.45) is 45.3 Å². The minimum absolute atomic E-state index is 0.0283. The third kappa shape index (κ3) is 10.1. The largest absolute Gasteiger partial charge is 0.516 e. The van der Waals surface area contributed by atoms with Gasteiger partial charge in [-0.1, -0.05) is 77.9 Å². The number of carbonyl (C=O) groups is 8. The van der Waals surface area contributed by atoms with Gasteiger partial charge in [-0.15, -0.1) is 0 Å². The van der Waals surface area contributed by atoms with Crippen molar-refractivity contribution in [1.82, 2.24) is 0 Å². The molecule has 24 nitrogen and oxygen atoms in total. The predicted molar refractivity (Wildman–Crippen MR) is 319 cm³/mol. The first-order chi connectivity index (χ1) is 42.9. The summed E-state index contributed by atoms with van der Waals surface area (Å²) in [5, 5.41) is 71.1. The number of nitrogens with zero attached hydrogens (tertiary/aromatic N) is 1. The predicted octanol–water partition coefficient (Wildman–Crippen LogP) is 6.62. The van der Waals surface area contributed by atoms with Crippen molar-refractivity contribution in [3.63, 3.8) is 0 Å². The lowest BCUT2D eigenvalue weighted by Gasteiger charge is -2.67.